The maximum Gasteiger partial charge on any atom is 0.123 e. The topological polar surface area (TPSA) is 21.3 Å². The normalized spacial score (nSPS) is 20.4. The van der Waals surface area contributed by atoms with Crippen LogP contribution in [0.4, 0.5) is 0 Å². The molecule has 2 aliphatic carbocycles. The van der Waals surface area contributed by atoms with Crippen molar-refractivity contribution in [1.29, 1.82) is 0 Å². The number of nitrogens with one attached hydrogen (secondary N) is 1. The van der Waals surface area contributed by atoms with Crippen molar-refractivity contribution in [3.05, 3.63) is 29.8 Å². The first-order chi connectivity index (χ1) is 9.42. The van der Waals surface area contributed by atoms with Crippen molar-refractivity contribution in [2.45, 2.75) is 57.5 Å². The van der Waals surface area contributed by atoms with Crippen LogP contribution in [-0.2, 0) is 6.54 Å². The van der Waals surface area contributed by atoms with Gasteiger partial charge in [0.15, 0.2) is 0 Å². The molecular weight excluding hydrogens is 234 g/mol. The smallest absolute Gasteiger partial charge is 0.123 e. The second-order valence-electron chi connectivity index (χ2n) is 6.08. The number of benzene rings is 1. The minimum absolute atomic E-state index is 0.756. The lowest BCUT2D eigenvalue weighted by molar-refractivity contribution is 0.207. The Morgan fingerprint density at radius 1 is 1.00 bits per heavy atom. The lowest BCUT2D eigenvalue weighted by atomic mass is 9.90. The monoisotopic (exact) mass is 259 g/mol. The Bertz CT molecular complexity index is 394. The van der Waals surface area contributed by atoms with E-state index in [1.54, 1.807) is 0 Å². The Morgan fingerprint density at radius 2 is 1.79 bits per heavy atom. The van der Waals surface area contributed by atoms with Crippen molar-refractivity contribution in [2.24, 2.45) is 5.92 Å². The van der Waals surface area contributed by atoms with Crippen LogP contribution in [0.5, 0.6) is 5.75 Å². The lowest BCUT2D eigenvalue weighted by Crippen LogP contribution is -2.18. The van der Waals surface area contributed by atoms with Crippen LogP contribution in [0.1, 0.15) is 50.5 Å². The van der Waals surface area contributed by atoms with E-state index in [0.717, 1.165) is 30.9 Å². The van der Waals surface area contributed by atoms with Crippen LogP contribution in [0, 0.1) is 5.92 Å². The van der Waals surface area contributed by atoms with E-state index in [-0.39, 0.29) is 0 Å². The fourth-order valence-electron chi connectivity index (χ4n) is 2.89. The highest BCUT2D eigenvalue weighted by atomic mass is 16.5. The van der Waals surface area contributed by atoms with Gasteiger partial charge in [-0.1, -0.05) is 37.5 Å². The van der Waals surface area contributed by atoms with Gasteiger partial charge in [-0.05, 0) is 37.7 Å². The summed E-state index contributed by atoms with van der Waals surface area (Å²) < 4.78 is 6.09. The van der Waals surface area contributed by atoms with Crippen LogP contribution in [0.25, 0.3) is 0 Å². The zero-order chi connectivity index (χ0) is 12.9. The van der Waals surface area contributed by atoms with Crippen molar-refractivity contribution in [3.8, 4) is 5.75 Å². The zero-order valence-corrected chi connectivity index (χ0v) is 11.7. The molecule has 0 saturated heterocycles. The summed E-state index contributed by atoms with van der Waals surface area (Å²) in [6.45, 7) is 1.85. The first kappa shape index (κ1) is 13.0. The summed E-state index contributed by atoms with van der Waals surface area (Å²) >= 11 is 0. The average molecular weight is 259 g/mol. The molecule has 1 aromatic carbocycles. The molecule has 2 saturated carbocycles. The zero-order valence-electron chi connectivity index (χ0n) is 11.7. The summed E-state index contributed by atoms with van der Waals surface area (Å²) in [7, 11) is 0. The van der Waals surface area contributed by atoms with Gasteiger partial charge in [-0.2, -0.15) is 0 Å². The standard InChI is InChI=1S/C17H25NO/c1-2-6-14(7-3-1)13-19-17-9-5-4-8-15(17)12-18-16-10-11-16/h4-5,8-9,14,16,18H,1-3,6-7,10-13H2. The summed E-state index contributed by atoms with van der Waals surface area (Å²) in [4.78, 5) is 0. The first-order valence-electron chi connectivity index (χ1n) is 7.86. The molecule has 0 bridgehead atoms. The van der Waals surface area contributed by atoms with Crippen LogP contribution in [0.2, 0.25) is 0 Å². The minimum Gasteiger partial charge on any atom is -0.493 e. The lowest BCUT2D eigenvalue weighted by Gasteiger charge is -2.22. The fraction of sp³-hybridized carbons (Fsp3) is 0.647. The maximum atomic E-state index is 6.09. The highest BCUT2D eigenvalue weighted by molar-refractivity contribution is 5.33. The van der Waals surface area contributed by atoms with E-state index in [1.165, 1.54) is 50.5 Å². The summed E-state index contributed by atoms with van der Waals surface area (Å²) in [6, 6.07) is 9.25. The van der Waals surface area contributed by atoms with Gasteiger partial charge >= 0.3 is 0 Å². The number of para-hydroxylation sites is 1. The van der Waals surface area contributed by atoms with Gasteiger partial charge in [-0.15, -0.1) is 0 Å². The SMILES string of the molecule is c1ccc(OCC2CCCCC2)c(CNC2CC2)c1. The quantitative estimate of drug-likeness (QED) is 0.836. The van der Waals surface area contributed by atoms with Crippen LogP contribution < -0.4 is 10.1 Å². The summed E-state index contributed by atoms with van der Waals surface area (Å²) in [5.41, 5.74) is 1.31. The molecular formula is C17H25NO. The van der Waals surface area contributed by atoms with Gasteiger partial charge in [0.25, 0.3) is 0 Å². The van der Waals surface area contributed by atoms with Gasteiger partial charge in [-0.25, -0.2) is 0 Å². The number of ether oxygens (including phenoxy) is 1. The molecule has 0 heterocycles. The predicted molar refractivity (Wildman–Crippen MR) is 78.4 cm³/mol. The van der Waals surface area contributed by atoms with Gasteiger partial charge in [0.2, 0.25) is 0 Å². The molecule has 0 spiro atoms. The van der Waals surface area contributed by atoms with Crippen LogP contribution in [-0.4, -0.2) is 12.6 Å². The van der Waals surface area contributed by atoms with Crippen LogP contribution in [0.3, 0.4) is 0 Å². The van der Waals surface area contributed by atoms with Crippen molar-refractivity contribution in [3.63, 3.8) is 0 Å². The van der Waals surface area contributed by atoms with E-state index in [1.807, 2.05) is 0 Å². The van der Waals surface area contributed by atoms with E-state index in [9.17, 15) is 0 Å². The van der Waals surface area contributed by atoms with Crippen molar-refractivity contribution < 1.29 is 4.74 Å². The Kier molecular flexibility index (Phi) is 4.39. The molecule has 104 valence electrons. The average Bonchev–Trinajstić information content (AvgIpc) is 3.29. The minimum atomic E-state index is 0.756. The van der Waals surface area contributed by atoms with Crippen LogP contribution in [0.15, 0.2) is 24.3 Å². The second kappa shape index (κ2) is 6.42. The molecule has 3 rings (SSSR count). The molecule has 19 heavy (non-hydrogen) atoms. The number of rotatable bonds is 6. The Hall–Kier alpha value is -1.02. The molecule has 2 nitrogen and oxygen atoms in total. The van der Waals surface area contributed by atoms with E-state index in [2.05, 4.69) is 29.6 Å². The summed E-state index contributed by atoms with van der Waals surface area (Å²) in [6.07, 6.45) is 9.57. The molecule has 0 atom stereocenters. The molecule has 2 fully saturated rings. The van der Waals surface area contributed by atoms with Gasteiger partial charge in [0.1, 0.15) is 5.75 Å². The predicted octanol–water partition coefficient (Wildman–Crippen LogP) is 3.90. The van der Waals surface area contributed by atoms with E-state index >= 15 is 0 Å². The Balaban J connectivity index is 1.52. The third-order valence-corrected chi connectivity index (χ3v) is 4.33. The molecule has 2 heteroatoms. The molecule has 0 aliphatic heterocycles. The molecule has 1 N–H and O–H groups in total. The van der Waals surface area contributed by atoms with Crippen molar-refractivity contribution in [1.82, 2.24) is 5.32 Å². The summed E-state index contributed by atoms with van der Waals surface area (Å²) in [5.74, 6) is 1.86. The van der Waals surface area contributed by atoms with Crippen LogP contribution >= 0.6 is 0 Å². The Labute approximate surface area is 116 Å². The van der Waals surface area contributed by atoms with E-state index < -0.39 is 0 Å². The molecule has 0 unspecified atom stereocenters. The van der Waals surface area contributed by atoms with E-state index in [4.69, 9.17) is 4.74 Å². The van der Waals surface area contributed by atoms with E-state index in [0.29, 0.717) is 0 Å². The van der Waals surface area contributed by atoms with Gasteiger partial charge in [0, 0.05) is 18.2 Å². The molecule has 2 aliphatic rings. The highest BCUT2D eigenvalue weighted by Gasteiger charge is 2.20. The van der Waals surface area contributed by atoms with Gasteiger partial charge in [0.05, 0.1) is 6.61 Å². The third kappa shape index (κ3) is 3.97. The summed E-state index contributed by atoms with van der Waals surface area (Å²) in [5, 5.41) is 3.57. The highest BCUT2D eigenvalue weighted by Crippen LogP contribution is 2.26. The largest absolute Gasteiger partial charge is 0.493 e. The van der Waals surface area contributed by atoms with Crippen molar-refractivity contribution in [2.75, 3.05) is 6.61 Å². The Morgan fingerprint density at radius 3 is 2.58 bits per heavy atom. The van der Waals surface area contributed by atoms with Crippen molar-refractivity contribution >= 4 is 0 Å². The maximum absolute atomic E-state index is 6.09. The first-order valence-corrected chi connectivity index (χ1v) is 7.86. The molecule has 0 radical (unpaired) electrons. The molecule has 0 amide bonds. The third-order valence-electron chi connectivity index (χ3n) is 4.33. The fourth-order valence-corrected chi connectivity index (χ4v) is 2.89. The second-order valence-corrected chi connectivity index (χ2v) is 6.08. The van der Waals surface area contributed by atoms with Gasteiger partial charge in [-0.3, -0.25) is 0 Å². The number of hydrogen-bond donors (Lipinski definition) is 1. The number of hydrogen-bond acceptors (Lipinski definition) is 2. The molecule has 0 aromatic heterocycles. The van der Waals surface area contributed by atoms with Gasteiger partial charge < -0.3 is 10.1 Å². The molecule has 1 aromatic rings.